The van der Waals surface area contributed by atoms with Crippen molar-refractivity contribution < 1.29 is 51.0 Å². The third kappa shape index (κ3) is 6.60. The maximum Gasteiger partial charge on any atom is 4.00 e. The van der Waals surface area contributed by atoms with E-state index in [2.05, 4.69) is 69.3 Å². The summed E-state index contributed by atoms with van der Waals surface area (Å²) in [6.45, 7) is 6.43. The smallest absolute Gasteiger partial charge is 1.00 e. The third-order valence-corrected chi connectivity index (χ3v) is 3.29. The van der Waals surface area contributed by atoms with Crippen molar-refractivity contribution in [1.82, 2.24) is 0 Å². The van der Waals surface area contributed by atoms with E-state index in [0.717, 1.165) is 12.8 Å². The van der Waals surface area contributed by atoms with Crippen LogP contribution in [0.2, 0.25) is 0 Å². The Hall–Kier alpha value is -0.227. The Morgan fingerprint density at radius 2 is 1.90 bits per heavy atom. The largest absolute Gasteiger partial charge is 4.00 e. The van der Waals surface area contributed by atoms with Crippen LogP contribution in [0.5, 0.6) is 0 Å². The molecule has 0 atom stereocenters. The van der Waals surface area contributed by atoms with E-state index in [9.17, 15) is 0 Å². The van der Waals surface area contributed by atoms with Gasteiger partial charge in [0.15, 0.2) is 0 Å². The van der Waals surface area contributed by atoms with E-state index in [-0.39, 0.29) is 51.0 Å². The molecule has 110 valence electrons. The van der Waals surface area contributed by atoms with Gasteiger partial charge in [-0.15, -0.1) is 41.0 Å². The molecule has 0 fully saturated rings. The molecule has 3 heteroatoms. The summed E-state index contributed by atoms with van der Waals surface area (Å²) in [7, 11) is 0. The molecule has 0 spiro atoms. The van der Waals surface area contributed by atoms with Crippen LogP contribution < -0.4 is 24.8 Å². The molecular formula is C18H20Cl2Zr. The zero-order valence-corrected chi connectivity index (χ0v) is 16.7. The Bertz CT molecular complexity index is 594. The van der Waals surface area contributed by atoms with Crippen LogP contribution in [0.25, 0.3) is 10.8 Å². The molecule has 0 radical (unpaired) electrons. The SMILES string of the molecule is CCC1=[C-]CC=C1.Cc1ccc2c(cc[c-]2C)c1.[Cl-].[Cl-].[Zr+4]. The van der Waals surface area contributed by atoms with E-state index in [1.807, 2.05) is 0 Å². The molecule has 0 unspecified atom stereocenters. The second-order valence-corrected chi connectivity index (χ2v) is 4.77. The van der Waals surface area contributed by atoms with Crippen molar-refractivity contribution in [3.63, 3.8) is 0 Å². The zero-order valence-electron chi connectivity index (χ0n) is 12.7. The summed E-state index contributed by atoms with van der Waals surface area (Å²) in [5, 5.41) is 2.75. The van der Waals surface area contributed by atoms with Crippen molar-refractivity contribution in [3.8, 4) is 0 Å². The van der Waals surface area contributed by atoms with Gasteiger partial charge in [0.1, 0.15) is 0 Å². The first-order valence-electron chi connectivity index (χ1n) is 6.59. The number of hydrogen-bond acceptors (Lipinski definition) is 0. The average molecular weight is 398 g/mol. The Labute approximate surface area is 160 Å². The Kier molecular flexibility index (Phi) is 12.5. The number of allylic oxidation sites excluding steroid dienone is 4. The van der Waals surface area contributed by atoms with E-state index in [0.29, 0.717) is 0 Å². The fraction of sp³-hybridized carbons (Fsp3) is 0.278. The minimum Gasteiger partial charge on any atom is -1.00 e. The summed E-state index contributed by atoms with van der Waals surface area (Å²) in [5.41, 5.74) is 4.07. The minimum absolute atomic E-state index is 0. The van der Waals surface area contributed by atoms with Gasteiger partial charge in [0.2, 0.25) is 0 Å². The number of halogens is 2. The van der Waals surface area contributed by atoms with E-state index in [1.165, 1.54) is 27.5 Å². The van der Waals surface area contributed by atoms with Crippen LogP contribution in [0, 0.1) is 19.9 Å². The molecule has 0 heterocycles. The molecule has 1 aliphatic rings. The summed E-state index contributed by atoms with van der Waals surface area (Å²) in [5.74, 6) is 0. The first-order valence-corrected chi connectivity index (χ1v) is 6.59. The van der Waals surface area contributed by atoms with Crippen LogP contribution in [-0.2, 0) is 26.2 Å². The van der Waals surface area contributed by atoms with E-state index >= 15 is 0 Å². The number of aryl methyl sites for hydroxylation is 2. The molecule has 21 heavy (non-hydrogen) atoms. The predicted molar refractivity (Wildman–Crippen MR) is 79.8 cm³/mol. The molecule has 1 aliphatic carbocycles. The van der Waals surface area contributed by atoms with Crippen molar-refractivity contribution in [1.29, 1.82) is 0 Å². The van der Waals surface area contributed by atoms with Gasteiger partial charge < -0.3 is 24.8 Å². The van der Waals surface area contributed by atoms with Gasteiger partial charge in [-0.25, -0.2) is 11.6 Å². The standard InChI is InChI=1S/C11H11.C7H9.2ClH.Zr/c1-8-3-6-11-9(2)4-5-10(11)7-8;1-2-7-5-3-4-6-7;;;/h3-7H,1-2H3;3,5H,2,4H2,1H3;2*1H;/q2*-1;;;+4/p-2. The van der Waals surface area contributed by atoms with Gasteiger partial charge >= 0.3 is 26.2 Å². The number of fused-ring (bicyclic) bond motifs is 1. The Morgan fingerprint density at radius 3 is 2.43 bits per heavy atom. The topological polar surface area (TPSA) is 0 Å². The third-order valence-electron chi connectivity index (χ3n) is 3.29. The van der Waals surface area contributed by atoms with Gasteiger partial charge in [0, 0.05) is 0 Å². The van der Waals surface area contributed by atoms with Gasteiger partial charge in [-0.2, -0.15) is 18.2 Å². The second kappa shape index (κ2) is 11.4. The van der Waals surface area contributed by atoms with Crippen molar-refractivity contribution in [2.75, 3.05) is 0 Å². The van der Waals surface area contributed by atoms with Crippen LogP contribution in [0.1, 0.15) is 30.9 Å². The van der Waals surface area contributed by atoms with Crippen molar-refractivity contribution in [2.45, 2.75) is 33.6 Å². The van der Waals surface area contributed by atoms with Crippen LogP contribution >= 0.6 is 0 Å². The maximum absolute atomic E-state index is 3.21. The molecule has 0 N–H and O–H groups in total. The normalized spacial score (nSPS) is 11.5. The predicted octanol–water partition coefficient (Wildman–Crippen LogP) is -0.733. The second-order valence-electron chi connectivity index (χ2n) is 4.77. The molecule has 0 saturated heterocycles. The molecular weight excluding hydrogens is 378 g/mol. The first kappa shape index (κ1) is 23.0. The molecule has 0 amide bonds. The summed E-state index contributed by atoms with van der Waals surface area (Å²) in [4.78, 5) is 0. The van der Waals surface area contributed by atoms with Crippen LogP contribution in [-0.4, -0.2) is 0 Å². The van der Waals surface area contributed by atoms with Crippen molar-refractivity contribution >= 4 is 10.8 Å². The van der Waals surface area contributed by atoms with Gasteiger partial charge in [0.05, 0.1) is 0 Å². The summed E-state index contributed by atoms with van der Waals surface area (Å²) < 4.78 is 0. The monoisotopic (exact) mass is 396 g/mol. The minimum atomic E-state index is 0. The van der Waals surface area contributed by atoms with Crippen LogP contribution in [0.4, 0.5) is 0 Å². The molecule has 2 aromatic rings. The van der Waals surface area contributed by atoms with Gasteiger partial charge in [0.25, 0.3) is 0 Å². The van der Waals surface area contributed by atoms with E-state index in [1.54, 1.807) is 0 Å². The maximum atomic E-state index is 3.21. The summed E-state index contributed by atoms with van der Waals surface area (Å²) in [6, 6.07) is 10.9. The number of benzene rings is 1. The zero-order chi connectivity index (χ0) is 13.0. The fourth-order valence-electron chi connectivity index (χ4n) is 2.18. The molecule has 0 bridgehead atoms. The average Bonchev–Trinajstić information content (AvgIpc) is 3.00. The number of rotatable bonds is 1. The quantitative estimate of drug-likeness (QED) is 0.556. The van der Waals surface area contributed by atoms with E-state index < -0.39 is 0 Å². The molecule has 0 aromatic heterocycles. The molecule has 0 aliphatic heterocycles. The van der Waals surface area contributed by atoms with Gasteiger partial charge in [-0.1, -0.05) is 25.8 Å². The molecule has 0 saturated carbocycles. The first-order chi connectivity index (χ1) is 8.70. The number of hydrogen-bond donors (Lipinski definition) is 0. The Balaban J connectivity index is 0. The van der Waals surface area contributed by atoms with Crippen molar-refractivity contribution in [2.24, 2.45) is 0 Å². The summed E-state index contributed by atoms with van der Waals surface area (Å²) in [6.07, 6.45) is 9.65. The Morgan fingerprint density at radius 1 is 1.19 bits per heavy atom. The van der Waals surface area contributed by atoms with Gasteiger partial charge in [-0.3, -0.25) is 6.08 Å². The summed E-state index contributed by atoms with van der Waals surface area (Å²) >= 11 is 0. The molecule has 0 nitrogen and oxygen atoms in total. The van der Waals surface area contributed by atoms with E-state index in [4.69, 9.17) is 0 Å². The van der Waals surface area contributed by atoms with Crippen molar-refractivity contribution in [3.05, 3.63) is 65.3 Å². The van der Waals surface area contributed by atoms with Gasteiger partial charge in [-0.05, 0) is 6.92 Å². The van der Waals surface area contributed by atoms with Crippen LogP contribution in [0.3, 0.4) is 0 Å². The molecule has 2 aromatic carbocycles. The molecule has 3 rings (SSSR count). The van der Waals surface area contributed by atoms with Crippen LogP contribution in [0.15, 0.2) is 48.1 Å². The fourth-order valence-corrected chi connectivity index (χ4v) is 2.18.